The van der Waals surface area contributed by atoms with E-state index in [2.05, 4.69) is 104 Å². The molecular formula is C30H31N3O. The second-order valence-electron chi connectivity index (χ2n) is 9.46. The van der Waals surface area contributed by atoms with Gasteiger partial charge in [-0.25, -0.2) is 4.79 Å². The predicted molar refractivity (Wildman–Crippen MR) is 139 cm³/mol. The predicted octanol–water partition coefficient (Wildman–Crippen LogP) is 7.35. The Morgan fingerprint density at radius 1 is 0.912 bits per heavy atom. The first-order valence-corrected chi connectivity index (χ1v) is 11.9. The Bertz CT molecular complexity index is 1330. The van der Waals surface area contributed by atoms with E-state index < -0.39 is 0 Å². The molecule has 5 rings (SSSR count). The number of fused-ring (bicyclic) bond motifs is 3. The molecule has 1 aromatic heterocycles. The van der Waals surface area contributed by atoms with Crippen LogP contribution in [0.1, 0.15) is 59.3 Å². The number of aryl methyl sites for hydroxylation is 1. The van der Waals surface area contributed by atoms with Crippen molar-refractivity contribution in [3.05, 3.63) is 119 Å². The number of urea groups is 1. The van der Waals surface area contributed by atoms with E-state index in [1.807, 2.05) is 23.1 Å². The molecule has 0 saturated heterocycles. The molecule has 1 atom stereocenters. The molecule has 0 spiro atoms. The summed E-state index contributed by atoms with van der Waals surface area (Å²) in [4.78, 5) is 15.9. The van der Waals surface area contributed by atoms with Gasteiger partial charge in [0.1, 0.15) is 0 Å². The molecule has 3 aromatic carbocycles. The molecule has 1 N–H and O–H groups in total. The summed E-state index contributed by atoms with van der Waals surface area (Å²) in [6.07, 6.45) is 2.09. The Morgan fingerprint density at radius 3 is 2.44 bits per heavy atom. The van der Waals surface area contributed by atoms with Gasteiger partial charge in [0, 0.05) is 17.6 Å². The van der Waals surface area contributed by atoms with Gasteiger partial charge < -0.3 is 14.8 Å². The van der Waals surface area contributed by atoms with Gasteiger partial charge in [-0.1, -0.05) is 68.4 Å². The average Bonchev–Trinajstić information content (AvgIpc) is 3.26. The number of carbonyl (C=O) groups is 1. The molecule has 0 bridgehead atoms. The normalized spacial score (nSPS) is 15.0. The molecule has 0 radical (unpaired) electrons. The summed E-state index contributed by atoms with van der Waals surface area (Å²) in [6.45, 7) is 9.04. The van der Waals surface area contributed by atoms with Gasteiger partial charge in [0.05, 0.1) is 18.3 Å². The zero-order chi connectivity index (χ0) is 23.8. The lowest BCUT2D eigenvalue weighted by Crippen LogP contribution is -2.38. The van der Waals surface area contributed by atoms with Crippen molar-refractivity contribution < 1.29 is 4.79 Å². The molecule has 2 heterocycles. The minimum atomic E-state index is -0.214. The Hall–Kier alpha value is -3.79. The summed E-state index contributed by atoms with van der Waals surface area (Å²) in [5.41, 5.74) is 8.83. The molecule has 4 nitrogen and oxygen atoms in total. The van der Waals surface area contributed by atoms with Crippen LogP contribution in [-0.2, 0) is 6.54 Å². The third kappa shape index (κ3) is 3.90. The van der Waals surface area contributed by atoms with Gasteiger partial charge in [-0.15, -0.1) is 0 Å². The summed E-state index contributed by atoms with van der Waals surface area (Å²) in [7, 11) is 0. The Labute approximate surface area is 201 Å². The standard InChI is InChI=1S/C30H31N3O/c1-20(2)23-14-16-24(17-15-23)29-28-13-8-18-32(28)27-12-6-5-10-25(27)19-33(29)30(34)31-26-11-7-9-21(3)22(26)4/h5-18,20,29H,19H2,1-4H3,(H,31,34)/t29-/m1/s1. The maximum Gasteiger partial charge on any atom is 0.322 e. The SMILES string of the molecule is Cc1cccc(NC(=O)N2Cc3ccccc3-n3cccc3[C@H]2c2ccc(C(C)C)cc2)c1C. The minimum Gasteiger partial charge on any atom is -0.318 e. The van der Waals surface area contributed by atoms with E-state index in [9.17, 15) is 4.79 Å². The summed E-state index contributed by atoms with van der Waals surface area (Å²) in [6, 6.07) is 27.0. The topological polar surface area (TPSA) is 37.3 Å². The van der Waals surface area contributed by atoms with Crippen LogP contribution in [0.2, 0.25) is 0 Å². The number of amides is 2. The molecule has 1 aliphatic rings. The lowest BCUT2D eigenvalue weighted by molar-refractivity contribution is 0.194. The number of benzene rings is 3. The van der Waals surface area contributed by atoms with Gasteiger partial charge in [0.2, 0.25) is 0 Å². The molecule has 1 aliphatic heterocycles. The van der Waals surface area contributed by atoms with Crippen molar-refractivity contribution in [3.63, 3.8) is 0 Å². The number of anilines is 1. The zero-order valence-electron chi connectivity index (χ0n) is 20.2. The third-order valence-corrected chi connectivity index (χ3v) is 6.99. The van der Waals surface area contributed by atoms with Gasteiger partial charge in [0.15, 0.2) is 0 Å². The number of rotatable bonds is 3. The largest absolute Gasteiger partial charge is 0.322 e. The first-order valence-electron chi connectivity index (χ1n) is 11.9. The molecular weight excluding hydrogens is 418 g/mol. The molecule has 4 aromatic rings. The molecule has 4 heteroatoms. The molecule has 34 heavy (non-hydrogen) atoms. The number of carbonyl (C=O) groups excluding carboxylic acids is 1. The first kappa shape index (κ1) is 22.0. The van der Waals surface area contributed by atoms with Crippen LogP contribution in [0.4, 0.5) is 10.5 Å². The quantitative estimate of drug-likeness (QED) is 0.349. The second-order valence-corrected chi connectivity index (χ2v) is 9.46. The van der Waals surface area contributed by atoms with Crippen LogP contribution in [0.25, 0.3) is 5.69 Å². The Kier molecular flexibility index (Phi) is 5.74. The number of nitrogens with one attached hydrogen (secondary N) is 1. The zero-order valence-corrected chi connectivity index (χ0v) is 20.2. The fourth-order valence-electron chi connectivity index (χ4n) is 4.83. The van der Waals surface area contributed by atoms with Crippen molar-refractivity contribution in [2.75, 3.05) is 5.32 Å². The van der Waals surface area contributed by atoms with E-state index in [1.165, 1.54) is 5.56 Å². The van der Waals surface area contributed by atoms with Gasteiger partial charge >= 0.3 is 6.03 Å². The van der Waals surface area contributed by atoms with E-state index in [1.54, 1.807) is 0 Å². The molecule has 0 fully saturated rings. The van der Waals surface area contributed by atoms with E-state index in [4.69, 9.17) is 0 Å². The van der Waals surface area contributed by atoms with Crippen LogP contribution >= 0.6 is 0 Å². The first-order chi connectivity index (χ1) is 16.4. The van der Waals surface area contributed by atoms with Gasteiger partial charge in [-0.3, -0.25) is 0 Å². The van der Waals surface area contributed by atoms with Gasteiger partial charge in [-0.05, 0) is 71.8 Å². The van der Waals surface area contributed by atoms with E-state index in [-0.39, 0.29) is 12.1 Å². The maximum absolute atomic E-state index is 13.9. The lowest BCUT2D eigenvalue weighted by atomic mass is 9.97. The van der Waals surface area contributed by atoms with Crippen LogP contribution in [0.15, 0.2) is 85.1 Å². The van der Waals surface area contributed by atoms with Crippen molar-refractivity contribution in [3.8, 4) is 5.69 Å². The Balaban J connectivity index is 1.62. The molecule has 0 saturated carbocycles. The van der Waals surface area contributed by atoms with E-state index >= 15 is 0 Å². The molecule has 0 unspecified atom stereocenters. The fourth-order valence-corrected chi connectivity index (χ4v) is 4.83. The van der Waals surface area contributed by atoms with Crippen LogP contribution in [0.3, 0.4) is 0 Å². The minimum absolute atomic E-state index is 0.101. The number of nitrogens with zero attached hydrogens (tertiary/aromatic N) is 2. The van der Waals surface area contributed by atoms with Crippen LogP contribution < -0.4 is 5.32 Å². The summed E-state index contributed by atoms with van der Waals surface area (Å²) < 4.78 is 2.22. The van der Waals surface area contributed by atoms with Crippen molar-refractivity contribution in [2.24, 2.45) is 0 Å². The summed E-state index contributed by atoms with van der Waals surface area (Å²) in [5, 5.41) is 3.21. The van der Waals surface area contributed by atoms with Crippen molar-refractivity contribution >= 4 is 11.7 Å². The highest BCUT2D eigenvalue weighted by Crippen LogP contribution is 2.37. The van der Waals surface area contributed by atoms with Crippen LogP contribution in [-0.4, -0.2) is 15.5 Å². The van der Waals surface area contributed by atoms with Gasteiger partial charge in [-0.2, -0.15) is 0 Å². The highest BCUT2D eigenvalue weighted by molar-refractivity contribution is 5.91. The number of hydrogen-bond acceptors (Lipinski definition) is 1. The smallest absolute Gasteiger partial charge is 0.318 e. The second kappa shape index (κ2) is 8.86. The molecule has 0 aliphatic carbocycles. The van der Waals surface area contributed by atoms with E-state index in [0.717, 1.165) is 39.3 Å². The van der Waals surface area contributed by atoms with Crippen LogP contribution in [0.5, 0.6) is 0 Å². The van der Waals surface area contributed by atoms with Crippen molar-refractivity contribution in [1.29, 1.82) is 0 Å². The molecule has 172 valence electrons. The summed E-state index contributed by atoms with van der Waals surface area (Å²) >= 11 is 0. The highest BCUT2D eigenvalue weighted by Gasteiger charge is 2.33. The highest BCUT2D eigenvalue weighted by atomic mass is 16.2. The average molecular weight is 450 g/mol. The monoisotopic (exact) mass is 449 g/mol. The number of para-hydroxylation sites is 1. The van der Waals surface area contributed by atoms with Gasteiger partial charge in [0.25, 0.3) is 0 Å². The Morgan fingerprint density at radius 2 is 1.68 bits per heavy atom. The van der Waals surface area contributed by atoms with Crippen molar-refractivity contribution in [2.45, 2.75) is 46.2 Å². The van der Waals surface area contributed by atoms with Crippen molar-refractivity contribution in [1.82, 2.24) is 9.47 Å². The molecule has 2 amide bonds. The summed E-state index contributed by atoms with van der Waals surface area (Å²) in [5.74, 6) is 0.458. The van der Waals surface area contributed by atoms with E-state index in [0.29, 0.717) is 12.5 Å². The third-order valence-electron chi connectivity index (χ3n) is 6.99. The number of aromatic nitrogens is 1. The number of hydrogen-bond donors (Lipinski definition) is 1. The maximum atomic E-state index is 13.9. The fraction of sp³-hybridized carbons (Fsp3) is 0.233. The lowest BCUT2D eigenvalue weighted by Gasteiger charge is -2.31. The van der Waals surface area contributed by atoms with Crippen LogP contribution in [0, 0.1) is 13.8 Å².